The number of halogens is 2. The molecular weight excluding hydrogens is 207 g/mol. The molecule has 0 heterocycles. The maximum absolute atomic E-state index is 9.25. The van der Waals surface area contributed by atoms with Gasteiger partial charge in [0.15, 0.2) is 0 Å². The average Bonchev–Trinajstić information content (AvgIpc) is 1.89. The van der Waals surface area contributed by atoms with Gasteiger partial charge in [0.1, 0.15) is 0 Å². The lowest BCUT2D eigenvalue weighted by Crippen LogP contribution is -1.82. The van der Waals surface area contributed by atoms with E-state index in [9.17, 15) is 9.59 Å². The molecule has 0 amide bonds. The molecule has 0 bridgehead atoms. The normalized spacial score (nSPS) is 5.33. The highest BCUT2D eigenvalue weighted by Gasteiger charge is 1.73. The molecule has 0 radical (unpaired) electrons. The van der Waals surface area contributed by atoms with Crippen LogP contribution in [0.4, 0.5) is 0 Å². The number of carbonyl (C=O) groups is 2. The number of aliphatic carboxylic acids is 2. The third kappa shape index (κ3) is 64.0. The molecule has 0 unspecified atom stereocenters. The maximum Gasteiger partial charge on any atom is 0.327 e. The first kappa shape index (κ1) is 22.4. The molecule has 0 atom stereocenters. The van der Waals surface area contributed by atoms with E-state index in [1.165, 1.54) is 0 Å². The fourth-order valence-electron chi connectivity index (χ4n) is 0. The van der Waals surface area contributed by atoms with Crippen molar-refractivity contribution in [1.82, 2.24) is 0 Å². The summed E-state index contributed by atoms with van der Waals surface area (Å²) in [5.74, 6) is -1.96. The first-order chi connectivity index (χ1) is 4.54. The highest BCUT2D eigenvalue weighted by atomic mass is 35.5. The zero-order valence-corrected chi connectivity index (χ0v) is 7.73. The predicted molar refractivity (Wildman–Crippen MR) is 50.2 cm³/mol. The summed E-state index contributed by atoms with van der Waals surface area (Å²) in [7, 11) is 0. The predicted octanol–water partition coefficient (Wildman–Crippen LogP) is 1.36. The van der Waals surface area contributed by atoms with Crippen LogP contribution in [0.5, 0.6) is 0 Å². The fraction of sp³-hybridized carbons (Fsp3) is 0. The summed E-state index contributed by atoms with van der Waals surface area (Å²) in [6.07, 6.45) is 1.67. The summed E-state index contributed by atoms with van der Waals surface area (Å²) in [6.45, 7) is 5.92. The van der Waals surface area contributed by atoms with Gasteiger partial charge in [-0.05, 0) is 0 Å². The Morgan fingerprint density at radius 1 is 0.917 bits per heavy atom. The molecule has 0 saturated heterocycles. The summed E-state index contributed by atoms with van der Waals surface area (Å²) < 4.78 is 0. The summed E-state index contributed by atoms with van der Waals surface area (Å²) in [5, 5.41) is 15.2. The quantitative estimate of drug-likeness (QED) is 0.684. The molecule has 72 valence electrons. The molecule has 0 aliphatic carbocycles. The molecule has 0 aromatic rings. The van der Waals surface area contributed by atoms with Crippen LogP contribution in [0.15, 0.2) is 25.3 Å². The number of carboxylic acid groups (broad SMARTS) is 2. The lowest BCUT2D eigenvalue weighted by atomic mass is 10.7. The van der Waals surface area contributed by atoms with Crippen molar-refractivity contribution in [1.29, 1.82) is 0 Å². The number of hydrogen-bond acceptors (Lipinski definition) is 2. The Hall–Kier alpha value is -1.00. The molecule has 2 N–H and O–H groups in total. The van der Waals surface area contributed by atoms with Crippen LogP contribution in [-0.2, 0) is 9.59 Å². The van der Waals surface area contributed by atoms with E-state index in [0.29, 0.717) is 0 Å². The van der Waals surface area contributed by atoms with Crippen LogP contribution in [0.1, 0.15) is 0 Å². The Balaban J connectivity index is -0.0000000457. The van der Waals surface area contributed by atoms with Crippen molar-refractivity contribution in [3.05, 3.63) is 25.3 Å². The van der Waals surface area contributed by atoms with Gasteiger partial charge in [0.25, 0.3) is 0 Å². The lowest BCUT2D eigenvalue weighted by molar-refractivity contribution is -0.132. The van der Waals surface area contributed by atoms with Crippen LogP contribution >= 0.6 is 24.8 Å². The van der Waals surface area contributed by atoms with E-state index in [0.717, 1.165) is 12.2 Å². The van der Waals surface area contributed by atoms with Crippen molar-refractivity contribution >= 4 is 36.8 Å². The van der Waals surface area contributed by atoms with E-state index in [1.807, 2.05) is 0 Å². The zero-order chi connectivity index (χ0) is 8.57. The van der Waals surface area contributed by atoms with E-state index in [4.69, 9.17) is 10.2 Å². The van der Waals surface area contributed by atoms with Gasteiger partial charge in [0.2, 0.25) is 0 Å². The summed E-state index contributed by atoms with van der Waals surface area (Å²) >= 11 is 0. The van der Waals surface area contributed by atoms with Crippen molar-refractivity contribution in [3.8, 4) is 0 Å². The second kappa shape index (κ2) is 16.5. The Morgan fingerprint density at radius 2 is 1.00 bits per heavy atom. The molecule has 0 rings (SSSR count). The van der Waals surface area contributed by atoms with Gasteiger partial charge in [-0.15, -0.1) is 24.8 Å². The largest absolute Gasteiger partial charge is 0.478 e. The van der Waals surface area contributed by atoms with E-state index in [1.54, 1.807) is 0 Å². The van der Waals surface area contributed by atoms with E-state index in [2.05, 4.69) is 13.2 Å². The second-order valence-electron chi connectivity index (χ2n) is 1.08. The van der Waals surface area contributed by atoms with Crippen LogP contribution in [0.3, 0.4) is 0 Å². The molecule has 6 heteroatoms. The van der Waals surface area contributed by atoms with Gasteiger partial charge in [0.05, 0.1) is 0 Å². The second-order valence-corrected chi connectivity index (χ2v) is 1.08. The minimum atomic E-state index is -0.981. The molecule has 0 aliphatic rings. The van der Waals surface area contributed by atoms with E-state index in [-0.39, 0.29) is 24.8 Å². The topological polar surface area (TPSA) is 74.6 Å². The Morgan fingerprint density at radius 3 is 1.00 bits per heavy atom. The van der Waals surface area contributed by atoms with Crippen LogP contribution in [0.2, 0.25) is 0 Å². The Kier molecular flexibility index (Phi) is 30.9. The Labute approximate surface area is 82.4 Å². The molecular formula is C6H10Cl2O4. The van der Waals surface area contributed by atoms with Gasteiger partial charge in [-0.3, -0.25) is 0 Å². The van der Waals surface area contributed by atoms with Crippen molar-refractivity contribution in [2.45, 2.75) is 0 Å². The maximum atomic E-state index is 9.25. The van der Waals surface area contributed by atoms with Crippen molar-refractivity contribution in [3.63, 3.8) is 0 Å². The molecule has 0 fully saturated rings. The summed E-state index contributed by atoms with van der Waals surface area (Å²) in [5.41, 5.74) is 0. The number of carboxylic acids is 2. The standard InChI is InChI=1S/2C3H4O2.2ClH/c2*1-2-3(4)5;;/h2*2H,1H2,(H,4,5);2*1H. The van der Waals surface area contributed by atoms with Crippen molar-refractivity contribution < 1.29 is 19.8 Å². The number of rotatable bonds is 2. The zero-order valence-electron chi connectivity index (χ0n) is 6.10. The lowest BCUT2D eigenvalue weighted by Gasteiger charge is -1.64. The Bertz CT molecular complexity index is 138. The smallest absolute Gasteiger partial charge is 0.327 e. The highest BCUT2D eigenvalue weighted by molar-refractivity contribution is 5.85. The van der Waals surface area contributed by atoms with Gasteiger partial charge in [-0.25, -0.2) is 9.59 Å². The third-order valence-electron chi connectivity index (χ3n) is 0.349. The van der Waals surface area contributed by atoms with Gasteiger partial charge in [0, 0.05) is 12.2 Å². The number of hydrogen-bond donors (Lipinski definition) is 2. The SMILES string of the molecule is C=CC(=O)O.C=CC(=O)O.Cl.Cl. The van der Waals surface area contributed by atoms with Crippen LogP contribution in [0, 0.1) is 0 Å². The third-order valence-corrected chi connectivity index (χ3v) is 0.349. The summed E-state index contributed by atoms with van der Waals surface area (Å²) in [4.78, 5) is 18.5. The van der Waals surface area contributed by atoms with Crippen LogP contribution in [-0.4, -0.2) is 22.2 Å². The highest BCUT2D eigenvalue weighted by Crippen LogP contribution is 1.55. The van der Waals surface area contributed by atoms with Gasteiger partial charge in [-0.1, -0.05) is 13.2 Å². The van der Waals surface area contributed by atoms with Crippen molar-refractivity contribution in [2.75, 3.05) is 0 Å². The average molecular weight is 217 g/mol. The van der Waals surface area contributed by atoms with E-state index >= 15 is 0 Å². The summed E-state index contributed by atoms with van der Waals surface area (Å²) in [6, 6.07) is 0. The molecule has 0 saturated carbocycles. The molecule has 0 aliphatic heterocycles. The monoisotopic (exact) mass is 216 g/mol. The van der Waals surface area contributed by atoms with Crippen LogP contribution < -0.4 is 0 Å². The molecule has 0 aromatic heterocycles. The van der Waals surface area contributed by atoms with Gasteiger partial charge >= 0.3 is 11.9 Å². The van der Waals surface area contributed by atoms with Crippen LogP contribution in [0.25, 0.3) is 0 Å². The van der Waals surface area contributed by atoms with Gasteiger partial charge in [-0.2, -0.15) is 0 Å². The minimum absolute atomic E-state index is 0. The molecule has 12 heavy (non-hydrogen) atoms. The first-order valence-electron chi connectivity index (χ1n) is 2.25. The van der Waals surface area contributed by atoms with E-state index < -0.39 is 11.9 Å². The van der Waals surface area contributed by atoms with Crippen molar-refractivity contribution in [2.24, 2.45) is 0 Å². The van der Waals surface area contributed by atoms with Gasteiger partial charge < -0.3 is 10.2 Å². The fourth-order valence-corrected chi connectivity index (χ4v) is 0. The minimum Gasteiger partial charge on any atom is -0.478 e. The molecule has 4 nitrogen and oxygen atoms in total. The molecule has 0 spiro atoms. The first-order valence-corrected chi connectivity index (χ1v) is 2.25. The molecule has 0 aromatic carbocycles.